The van der Waals surface area contributed by atoms with Crippen LogP contribution in [-0.2, 0) is 6.61 Å². The van der Waals surface area contributed by atoms with E-state index in [2.05, 4.69) is 15.5 Å². The predicted molar refractivity (Wildman–Crippen MR) is 107 cm³/mol. The molecule has 7 nitrogen and oxygen atoms in total. The minimum atomic E-state index is -0.581. The van der Waals surface area contributed by atoms with E-state index in [9.17, 15) is 4.79 Å². The maximum absolute atomic E-state index is 11.7. The molecule has 1 aromatic heterocycles. The van der Waals surface area contributed by atoms with Gasteiger partial charge in [0.1, 0.15) is 6.61 Å². The Morgan fingerprint density at radius 2 is 1.86 bits per heavy atom. The lowest BCUT2D eigenvalue weighted by Crippen LogP contribution is -2.24. The summed E-state index contributed by atoms with van der Waals surface area (Å²) in [5.41, 5.74) is 14.2. The lowest BCUT2D eigenvalue weighted by Gasteiger charge is -2.14. The van der Waals surface area contributed by atoms with Gasteiger partial charge in [-0.2, -0.15) is 5.53 Å². The maximum Gasteiger partial charge on any atom is 0.340 e. The van der Waals surface area contributed by atoms with Crippen molar-refractivity contribution in [1.29, 1.82) is 5.53 Å². The Labute approximate surface area is 163 Å². The highest BCUT2D eigenvalue weighted by Gasteiger charge is 2.11. The molecule has 0 saturated heterocycles. The molecule has 0 fully saturated rings. The molecule has 0 aliphatic heterocycles. The number of hydrogen-bond donors (Lipinski definition) is 3. The van der Waals surface area contributed by atoms with Crippen LogP contribution in [0.4, 0.5) is 10.5 Å². The second-order valence-electron chi connectivity index (χ2n) is 6.22. The number of amides is 2. The van der Waals surface area contributed by atoms with Crippen molar-refractivity contribution in [3.63, 3.8) is 0 Å². The van der Waals surface area contributed by atoms with Gasteiger partial charge in [-0.1, -0.05) is 47.7 Å². The van der Waals surface area contributed by atoms with Crippen LogP contribution in [0.3, 0.4) is 0 Å². The normalized spacial score (nSPS) is 10.2. The number of carbonyl (C=O) groups excluding carboxylic acids is 1. The highest BCUT2D eigenvalue weighted by Crippen LogP contribution is 2.26. The Hall–Kier alpha value is -3.74. The van der Waals surface area contributed by atoms with Crippen LogP contribution < -0.4 is 15.5 Å². The Balaban J connectivity index is 1.76. The fourth-order valence-corrected chi connectivity index (χ4v) is 2.90. The van der Waals surface area contributed by atoms with E-state index in [0.29, 0.717) is 11.6 Å². The average molecular weight is 375 g/mol. The Kier molecular flexibility index (Phi) is 5.96. The molecule has 7 heteroatoms. The lowest BCUT2D eigenvalue weighted by molar-refractivity contribution is 0.251. The summed E-state index contributed by atoms with van der Waals surface area (Å²) in [5, 5.41) is 5.53. The van der Waals surface area contributed by atoms with Crippen molar-refractivity contribution < 1.29 is 9.53 Å². The number of carbonyl (C=O) groups is 1. The number of nitrogens with zero attached hydrogens (tertiary/aromatic N) is 2. The molecule has 28 heavy (non-hydrogen) atoms. The first-order valence-electron chi connectivity index (χ1n) is 8.76. The number of anilines is 1. The van der Waals surface area contributed by atoms with Crippen LogP contribution in [0.2, 0.25) is 0 Å². The van der Waals surface area contributed by atoms with Gasteiger partial charge < -0.3 is 10.1 Å². The van der Waals surface area contributed by atoms with Crippen molar-refractivity contribution in [1.82, 2.24) is 10.4 Å². The van der Waals surface area contributed by atoms with E-state index in [1.54, 1.807) is 6.07 Å². The summed E-state index contributed by atoms with van der Waals surface area (Å²) in [6.45, 7) is 4.13. The summed E-state index contributed by atoms with van der Waals surface area (Å²) in [6, 6.07) is 18.9. The van der Waals surface area contributed by atoms with Crippen molar-refractivity contribution in [2.24, 2.45) is 5.22 Å². The van der Waals surface area contributed by atoms with Crippen molar-refractivity contribution in [3.8, 4) is 17.0 Å². The third kappa shape index (κ3) is 4.50. The first kappa shape index (κ1) is 19.0. The molecule has 3 N–H and O–H groups in total. The fourth-order valence-electron chi connectivity index (χ4n) is 2.90. The lowest BCUT2D eigenvalue weighted by atomic mass is 10.0. The molecule has 0 bridgehead atoms. The summed E-state index contributed by atoms with van der Waals surface area (Å²) >= 11 is 0. The van der Waals surface area contributed by atoms with Gasteiger partial charge in [-0.25, -0.2) is 15.2 Å². The molecule has 0 spiro atoms. The Morgan fingerprint density at radius 3 is 2.57 bits per heavy atom. The van der Waals surface area contributed by atoms with E-state index in [-0.39, 0.29) is 6.61 Å². The molecule has 1 heterocycles. The molecule has 2 amide bonds. The van der Waals surface area contributed by atoms with E-state index in [0.717, 1.165) is 27.9 Å². The maximum atomic E-state index is 11.7. The summed E-state index contributed by atoms with van der Waals surface area (Å²) in [7, 11) is 0. The van der Waals surface area contributed by atoms with Crippen molar-refractivity contribution in [2.75, 3.05) is 5.32 Å². The van der Waals surface area contributed by atoms with Gasteiger partial charge in [0.2, 0.25) is 5.88 Å². The number of nitrogens with one attached hydrogen (secondary N) is 3. The number of rotatable bonds is 6. The molecule has 0 atom stereocenters. The van der Waals surface area contributed by atoms with Gasteiger partial charge in [-0.3, -0.25) is 0 Å². The molecule has 3 aromatic rings. The Morgan fingerprint density at radius 1 is 1.07 bits per heavy atom. The molecule has 0 aliphatic carbocycles. The third-order valence-corrected chi connectivity index (χ3v) is 4.33. The predicted octanol–water partition coefficient (Wildman–Crippen LogP) is 5.01. The van der Waals surface area contributed by atoms with Gasteiger partial charge in [0, 0.05) is 28.6 Å². The first-order chi connectivity index (χ1) is 13.6. The van der Waals surface area contributed by atoms with E-state index >= 15 is 0 Å². The van der Waals surface area contributed by atoms with Gasteiger partial charge in [0.15, 0.2) is 0 Å². The largest absolute Gasteiger partial charge is 0.473 e. The monoisotopic (exact) mass is 375 g/mol. The zero-order valence-electron chi connectivity index (χ0n) is 15.7. The fraction of sp³-hybridized carbons (Fsp3) is 0.143. The summed E-state index contributed by atoms with van der Waals surface area (Å²) in [6.07, 6.45) is 0. The number of pyridine rings is 1. The highest BCUT2D eigenvalue weighted by molar-refractivity contribution is 5.90. The number of aryl methyl sites for hydroxylation is 2. The molecule has 0 radical (unpaired) electrons. The van der Waals surface area contributed by atoms with Crippen LogP contribution in [0.25, 0.3) is 11.1 Å². The summed E-state index contributed by atoms with van der Waals surface area (Å²) in [4.78, 5) is 16.2. The smallest absolute Gasteiger partial charge is 0.340 e. The number of aromatic nitrogens is 1. The van der Waals surface area contributed by atoms with Crippen molar-refractivity contribution >= 4 is 11.7 Å². The molecule has 142 valence electrons. The third-order valence-electron chi connectivity index (χ3n) is 4.33. The summed E-state index contributed by atoms with van der Waals surface area (Å²) in [5.74, 6) is 0.511. The van der Waals surface area contributed by atoms with Crippen LogP contribution in [0, 0.1) is 19.4 Å². The van der Waals surface area contributed by atoms with Crippen LogP contribution in [0.5, 0.6) is 5.88 Å². The van der Waals surface area contributed by atoms with Crippen LogP contribution in [0.1, 0.15) is 16.8 Å². The first-order valence-corrected chi connectivity index (χ1v) is 8.76. The van der Waals surface area contributed by atoms with Crippen LogP contribution in [0.15, 0.2) is 65.9 Å². The zero-order valence-corrected chi connectivity index (χ0v) is 15.7. The topological polar surface area (TPSA) is 99.5 Å². The van der Waals surface area contributed by atoms with Crippen LogP contribution in [-0.4, -0.2) is 11.0 Å². The molecule has 2 aromatic carbocycles. The van der Waals surface area contributed by atoms with E-state index in [1.807, 2.05) is 73.9 Å². The van der Waals surface area contributed by atoms with Crippen molar-refractivity contribution in [3.05, 3.63) is 77.5 Å². The average Bonchev–Trinajstić information content (AvgIpc) is 2.68. The van der Waals surface area contributed by atoms with Gasteiger partial charge in [-0.15, -0.1) is 0 Å². The van der Waals surface area contributed by atoms with Crippen molar-refractivity contribution in [2.45, 2.75) is 20.5 Å². The van der Waals surface area contributed by atoms with Gasteiger partial charge in [-0.05, 0) is 37.1 Å². The van der Waals surface area contributed by atoms with Gasteiger partial charge in [0.05, 0.1) is 0 Å². The molecular weight excluding hydrogens is 354 g/mol. The second-order valence-corrected chi connectivity index (χ2v) is 6.22. The van der Waals surface area contributed by atoms with Gasteiger partial charge >= 0.3 is 6.03 Å². The molecule has 0 unspecified atom stereocenters. The van der Waals surface area contributed by atoms with E-state index < -0.39 is 6.03 Å². The highest BCUT2D eigenvalue weighted by atomic mass is 16.5. The van der Waals surface area contributed by atoms with E-state index in [1.165, 1.54) is 0 Å². The molecule has 3 rings (SSSR count). The quantitative estimate of drug-likeness (QED) is 0.417. The molecule has 0 saturated carbocycles. The zero-order chi connectivity index (χ0) is 19.9. The SMILES string of the molecule is Cc1cccc(NC(=O)NN=N)c1COc1ccc(-c2ccccc2)c(C)n1. The van der Waals surface area contributed by atoms with E-state index in [4.69, 9.17) is 10.3 Å². The summed E-state index contributed by atoms with van der Waals surface area (Å²) < 4.78 is 5.88. The standard InChI is InChI=1S/C21H21N5O2/c1-14-7-6-10-19(24-21(27)25-26-22)18(14)13-28-20-12-11-17(15(2)23-20)16-8-4-3-5-9-16/h3-12H,13H2,1-2H3,(H3,22,24,25,27). The number of hydrogen-bond acceptors (Lipinski definition) is 5. The minimum Gasteiger partial charge on any atom is -0.473 e. The number of ether oxygens (including phenoxy) is 1. The molecular formula is C21H21N5O2. The van der Waals surface area contributed by atoms with Gasteiger partial charge in [0.25, 0.3) is 0 Å². The molecule has 0 aliphatic rings. The Bertz CT molecular complexity index is 989. The second kappa shape index (κ2) is 8.77. The minimum absolute atomic E-state index is 0.247. The number of urea groups is 1. The number of benzene rings is 2. The van der Waals surface area contributed by atoms with Crippen LogP contribution >= 0.6 is 0 Å².